The average Bonchev–Trinajstić information content (AvgIpc) is 2.56. The highest BCUT2D eigenvalue weighted by Gasteiger charge is 2.17. The van der Waals surface area contributed by atoms with Gasteiger partial charge in [-0.05, 0) is 56.2 Å². The van der Waals surface area contributed by atoms with Crippen molar-refractivity contribution in [3.63, 3.8) is 0 Å². The Labute approximate surface area is 149 Å². The minimum absolute atomic E-state index is 0.399. The molecule has 0 aliphatic rings. The van der Waals surface area contributed by atoms with E-state index >= 15 is 0 Å². The highest BCUT2D eigenvalue weighted by atomic mass is 79.9. The molecule has 24 heavy (non-hydrogen) atoms. The van der Waals surface area contributed by atoms with Gasteiger partial charge in [-0.1, -0.05) is 34.1 Å². The number of hydrazine groups is 1. The van der Waals surface area contributed by atoms with E-state index in [0.29, 0.717) is 11.3 Å². The van der Waals surface area contributed by atoms with Crippen LogP contribution in [0.15, 0.2) is 46.9 Å². The second-order valence-corrected chi connectivity index (χ2v) is 6.33. The molecule has 0 unspecified atom stereocenters. The number of hydrogen-bond donors (Lipinski definition) is 2. The molecule has 2 N–H and O–H groups in total. The molecule has 1 atom stereocenters. The molecule has 6 heteroatoms. The SMILES string of the molecule is Cc1cccc(O[C@H](C)C(=O)NNC(=O)c2cccc(Br)c2)c1C. The second-order valence-electron chi connectivity index (χ2n) is 5.41. The molecule has 0 fully saturated rings. The van der Waals surface area contributed by atoms with Crippen LogP contribution in [0.5, 0.6) is 5.75 Å². The Kier molecular flexibility index (Phi) is 5.98. The van der Waals surface area contributed by atoms with Crippen LogP contribution in [0.3, 0.4) is 0 Å². The van der Waals surface area contributed by atoms with E-state index in [-0.39, 0.29) is 0 Å². The van der Waals surface area contributed by atoms with Gasteiger partial charge in [0.2, 0.25) is 0 Å². The van der Waals surface area contributed by atoms with Crippen LogP contribution in [0, 0.1) is 13.8 Å². The number of carbonyl (C=O) groups is 2. The van der Waals surface area contributed by atoms with E-state index in [9.17, 15) is 9.59 Å². The Morgan fingerprint density at radius 2 is 1.79 bits per heavy atom. The van der Waals surface area contributed by atoms with Crippen LogP contribution >= 0.6 is 15.9 Å². The van der Waals surface area contributed by atoms with Gasteiger partial charge < -0.3 is 4.74 Å². The van der Waals surface area contributed by atoms with E-state index in [1.165, 1.54) is 0 Å². The number of halogens is 1. The Hall–Kier alpha value is -2.34. The molecule has 0 aliphatic heterocycles. The second kappa shape index (κ2) is 7.97. The third-order valence-electron chi connectivity index (χ3n) is 3.61. The molecule has 2 amide bonds. The zero-order valence-electron chi connectivity index (χ0n) is 13.7. The van der Waals surface area contributed by atoms with Crippen molar-refractivity contribution in [2.45, 2.75) is 26.9 Å². The summed E-state index contributed by atoms with van der Waals surface area (Å²) < 4.78 is 6.46. The summed E-state index contributed by atoms with van der Waals surface area (Å²) in [6, 6.07) is 12.5. The quantitative estimate of drug-likeness (QED) is 0.786. The first kappa shape index (κ1) is 18.0. The number of benzene rings is 2. The molecule has 126 valence electrons. The van der Waals surface area contributed by atoms with Crippen molar-refractivity contribution in [2.75, 3.05) is 0 Å². The van der Waals surface area contributed by atoms with Crippen molar-refractivity contribution in [3.8, 4) is 5.75 Å². The first-order valence-corrected chi connectivity index (χ1v) is 8.26. The molecule has 0 aliphatic carbocycles. The molecule has 2 aromatic carbocycles. The maximum atomic E-state index is 12.1. The van der Waals surface area contributed by atoms with Gasteiger partial charge in [-0.15, -0.1) is 0 Å². The first-order chi connectivity index (χ1) is 11.4. The van der Waals surface area contributed by atoms with E-state index < -0.39 is 17.9 Å². The maximum Gasteiger partial charge on any atom is 0.279 e. The number of aryl methyl sites for hydroxylation is 1. The third kappa shape index (κ3) is 4.58. The summed E-state index contributed by atoms with van der Waals surface area (Å²) in [4.78, 5) is 24.1. The molecule has 2 rings (SSSR count). The van der Waals surface area contributed by atoms with Crippen LogP contribution in [-0.4, -0.2) is 17.9 Å². The highest BCUT2D eigenvalue weighted by Crippen LogP contribution is 2.21. The molecule has 0 radical (unpaired) electrons. The minimum atomic E-state index is -0.742. The number of nitrogens with one attached hydrogen (secondary N) is 2. The molecule has 0 aromatic heterocycles. The van der Waals surface area contributed by atoms with Gasteiger partial charge in [0.15, 0.2) is 6.10 Å². The fourth-order valence-electron chi connectivity index (χ4n) is 2.02. The molecule has 0 spiro atoms. The number of hydrogen-bond acceptors (Lipinski definition) is 3. The smallest absolute Gasteiger partial charge is 0.279 e. The lowest BCUT2D eigenvalue weighted by atomic mass is 10.1. The summed E-state index contributed by atoms with van der Waals surface area (Å²) in [5.41, 5.74) is 7.26. The molecular weight excluding hydrogens is 372 g/mol. The average molecular weight is 391 g/mol. The number of ether oxygens (including phenoxy) is 1. The molecule has 0 saturated heterocycles. The molecule has 0 heterocycles. The van der Waals surface area contributed by atoms with Gasteiger partial charge in [0.1, 0.15) is 5.75 Å². The van der Waals surface area contributed by atoms with Crippen LogP contribution in [0.4, 0.5) is 0 Å². The van der Waals surface area contributed by atoms with Crippen LogP contribution in [-0.2, 0) is 4.79 Å². The third-order valence-corrected chi connectivity index (χ3v) is 4.11. The summed E-state index contributed by atoms with van der Waals surface area (Å²) in [5.74, 6) is -0.182. The topological polar surface area (TPSA) is 67.4 Å². The normalized spacial score (nSPS) is 11.5. The van der Waals surface area contributed by atoms with Gasteiger partial charge in [0, 0.05) is 10.0 Å². The fraction of sp³-hybridized carbons (Fsp3) is 0.222. The lowest BCUT2D eigenvalue weighted by Crippen LogP contribution is -2.47. The first-order valence-electron chi connectivity index (χ1n) is 7.47. The van der Waals surface area contributed by atoms with Crippen molar-refractivity contribution in [1.29, 1.82) is 0 Å². The van der Waals surface area contributed by atoms with Crippen LogP contribution in [0.25, 0.3) is 0 Å². The Morgan fingerprint density at radius 1 is 1.08 bits per heavy atom. The van der Waals surface area contributed by atoms with E-state index in [4.69, 9.17) is 4.74 Å². The van der Waals surface area contributed by atoms with E-state index in [0.717, 1.165) is 15.6 Å². The largest absolute Gasteiger partial charge is 0.481 e. The molecular formula is C18H19BrN2O3. The van der Waals surface area contributed by atoms with Crippen molar-refractivity contribution in [1.82, 2.24) is 10.9 Å². The summed E-state index contributed by atoms with van der Waals surface area (Å²) in [6.07, 6.45) is -0.742. The highest BCUT2D eigenvalue weighted by molar-refractivity contribution is 9.10. The molecule has 2 aromatic rings. The van der Waals surface area contributed by atoms with Crippen molar-refractivity contribution < 1.29 is 14.3 Å². The van der Waals surface area contributed by atoms with Crippen molar-refractivity contribution in [2.24, 2.45) is 0 Å². The Balaban J connectivity index is 1.92. The van der Waals surface area contributed by atoms with Gasteiger partial charge in [-0.2, -0.15) is 0 Å². The van der Waals surface area contributed by atoms with Crippen molar-refractivity contribution >= 4 is 27.7 Å². The number of carbonyl (C=O) groups excluding carboxylic acids is 2. The van der Waals surface area contributed by atoms with Gasteiger partial charge in [0.05, 0.1) is 0 Å². The number of rotatable bonds is 4. The van der Waals surface area contributed by atoms with Crippen LogP contribution in [0.1, 0.15) is 28.4 Å². The van der Waals surface area contributed by atoms with Gasteiger partial charge >= 0.3 is 0 Å². The fourth-order valence-corrected chi connectivity index (χ4v) is 2.42. The predicted octanol–water partition coefficient (Wildman–Crippen LogP) is 3.29. The standard InChI is InChI=1S/C18H19BrN2O3/c1-11-6-4-9-16(12(11)2)24-13(3)17(22)20-21-18(23)14-7-5-8-15(19)10-14/h4-10,13H,1-3H3,(H,20,22)(H,21,23)/t13-/m1/s1. The van der Waals surface area contributed by atoms with E-state index in [1.807, 2.05) is 38.1 Å². The maximum absolute atomic E-state index is 12.1. The minimum Gasteiger partial charge on any atom is -0.481 e. The van der Waals surface area contributed by atoms with Crippen LogP contribution < -0.4 is 15.6 Å². The van der Waals surface area contributed by atoms with E-state index in [1.54, 1.807) is 25.1 Å². The summed E-state index contributed by atoms with van der Waals surface area (Å²) in [7, 11) is 0. The van der Waals surface area contributed by atoms with Gasteiger partial charge in [0.25, 0.3) is 11.8 Å². The molecule has 0 bridgehead atoms. The van der Waals surface area contributed by atoms with Gasteiger partial charge in [-0.25, -0.2) is 0 Å². The zero-order valence-corrected chi connectivity index (χ0v) is 15.3. The predicted molar refractivity (Wildman–Crippen MR) is 95.8 cm³/mol. The molecule has 5 nitrogen and oxygen atoms in total. The van der Waals surface area contributed by atoms with Crippen LogP contribution in [0.2, 0.25) is 0 Å². The lowest BCUT2D eigenvalue weighted by Gasteiger charge is -2.17. The lowest BCUT2D eigenvalue weighted by molar-refractivity contribution is -0.128. The van der Waals surface area contributed by atoms with Crippen molar-refractivity contribution in [3.05, 3.63) is 63.6 Å². The summed E-state index contributed by atoms with van der Waals surface area (Å²) >= 11 is 3.30. The number of amides is 2. The zero-order chi connectivity index (χ0) is 17.7. The van der Waals surface area contributed by atoms with Gasteiger partial charge in [-0.3, -0.25) is 20.4 Å². The summed E-state index contributed by atoms with van der Waals surface area (Å²) in [5, 5.41) is 0. The Morgan fingerprint density at radius 3 is 2.50 bits per heavy atom. The summed E-state index contributed by atoms with van der Waals surface area (Å²) in [6.45, 7) is 5.54. The monoisotopic (exact) mass is 390 g/mol. The van der Waals surface area contributed by atoms with E-state index in [2.05, 4.69) is 26.8 Å². The Bertz CT molecular complexity index is 762. The molecule has 0 saturated carbocycles.